The van der Waals surface area contributed by atoms with Gasteiger partial charge in [0.2, 0.25) is 0 Å². The minimum atomic E-state index is -0.909. The van der Waals surface area contributed by atoms with Crippen molar-refractivity contribution in [3.05, 3.63) is 11.6 Å². The number of nitrogens with one attached hydrogen (secondary N) is 2. The maximum absolute atomic E-state index is 12.2. The van der Waals surface area contributed by atoms with Gasteiger partial charge < -0.3 is 15.3 Å². The Bertz CT molecular complexity index is 597. The molecule has 8 nitrogen and oxygen atoms in total. The first-order valence-electron chi connectivity index (χ1n) is 9.30. The van der Waals surface area contributed by atoms with Crippen LogP contribution >= 0.6 is 0 Å². The van der Waals surface area contributed by atoms with Crippen LogP contribution in [0.15, 0.2) is 0 Å². The molecule has 0 bridgehead atoms. The fourth-order valence-corrected chi connectivity index (χ4v) is 3.79. The summed E-state index contributed by atoms with van der Waals surface area (Å²) in [6.07, 6.45) is 8.00. The number of hydrogen-bond acceptors (Lipinski definition) is 4. The van der Waals surface area contributed by atoms with E-state index in [9.17, 15) is 9.59 Å². The minimum Gasteiger partial charge on any atom is -0.481 e. The number of nitrogens with zero attached hydrogens (tertiary/aromatic N) is 3. The van der Waals surface area contributed by atoms with Crippen molar-refractivity contribution in [2.75, 3.05) is 19.6 Å². The summed E-state index contributed by atoms with van der Waals surface area (Å²) in [6.45, 7) is 1.43. The van der Waals surface area contributed by atoms with E-state index >= 15 is 0 Å². The summed E-state index contributed by atoms with van der Waals surface area (Å²) in [4.78, 5) is 29.2. The Morgan fingerprint density at radius 2 is 1.92 bits per heavy atom. The number of aromatic nitrogens is 3. The summed E-state index contributed by atoms with van der Waals surface area (Å²) in [5, 5.41) is 18.9. The number of carbonyl (C=O) groups excluding carboxylic acids is 1. The second kappa shape index (κ2) is 8.31. The number of hydrogen-bond donors (Lipinski definition) is 3. The minimum absolute atomic E-state index is 0.0608. The van der Waals surface area contributed by atoms with Crippen LogP contribution in [0, 0.1) is 0 Å². The number of H-pyrrole nitrogens is 1. The lowest BCUT2D eigenvalue weighted by Crippen LogP contribution is -2.45. The average molecular weight is 349 g/mol. The number of piperidine rings is 1. The van der Waals surface area contributed by atoms with E-state index in [0.29, 0.717) is 19.0 Å². The zero-order valence-electron chi connectivity index (χ0n) is 14.5. The average Bonchev–Trinajstić information content (AvgIpc) is 3.12. The molecule has 1 saturated heterocycles. The number of amides is 2. The first-order chi connectivity index (χ1) is 12.1. The molecule has 1 aromatic heterocycles. The molecule has 0 aromatic carbocycles. The Balaban J connectivity index is 1.55. The van der Waals surface area contributed by atoms with Gasteiger partial charge in [-0.15, -0.1) is 0 Å². The number of aromatic amines is 1. The van der Waals surface area contributed by atoms with E-state index in [4.69, 9.17) is 10.1 Å². The van der Waals surface area contributed by atoms with Gasteiger partial charge in [0, 0.05) is 31.5 Å². The van der Waals surface area contributed by atoms with Gasteiger partial charge in [0.05, 0.1) is 6.42 Å². The molecule has 0 spiro atoms. The Morgan fingerprint density at radius 3 is 2.68 bits per heavy atom. The Kier molecular flexibility index (Phi) is 5.88. The number of carboxylic acids is 1. The van der Waals surface area contributed by atoms with Crippen molar-refractivity contribution >= 4 is 12.0 Å². The largest absolute Gasteiger partial charge is 0.481 e. The summed E-state index contributed by atoms with van der Waals surface area (Å²) >= 11 is 0. The summed E-state index contributed by atoms with van der Waals surface area (Å²) in [5.41, 5.74) is 0. The highest BCUT2D eigenvalue weighted by molar-refractivity contribution is 5.75. The van der Waals surface area contributed by atoms with Crippen molar-refractivity contribution in [1.82, 2.24) is 25.4 Å². The highest BCUT2D eigenvalue weighted by Gasteiger charge is 2.28. The van der Waals surface area contributed by atoms with Crippen LogP contribution in [-0.2, 0) is 4.79 Å². The van der Waals surface area contributed by atoms with Crippen molar-refractivity contribution in [3.8, 4) is 0 Å². The molecule has 1 aromatic rings. The lowest BCUT2D eigenvalue weighted by atomic mass is 9.89. The monoisotopic (exact) mass is 349 g/mol. The topological polar surface area (TPSA) is 111 Å². The molecule has 2 aliphatic rings. The van der Waals surface area contributed by atoms with Crippen LogP contribution in [-0.4, -0.2) is 56.8 Å². The molecule has 0 radical (unpaired) electrons. The number of aliphatic carboxylic acids is 1. The van der Waals surface area contributed by atoms with Gasteiger partial charge in [0.25, 0.3) is 0 Å². The summed E-state index contributed by atoms with van der Waals surface area (Å²) in [6, 6.07) is -0.200. The Labute approximate surface area is 147 Å². The van der Waals surface area contributed by atoms with E-state index < -0.39 is 5.97 Å². The molecule has 2 amide bonds. The number of carboxylic acid groups (broad SMARTS) is 1. The van der Waals surface area contributed by atoms with E-state index in [1.807, 2.05) is 0 Å². The highest BCUT2D eigenvalue weighted by atomic mass is 16.4. The quantitative estimate of drug-likeness (QED) is 0.755. The second-order valence-electron chi connectivity index (χ2n) is 7.07. The first-order valence-corrected chi connectivity index (χ1v) is 9.30. The van der Waals surface area contributed by atoms with Gasteiger partial charge in [0.15, 0.2) is 5.82 Å². The fraction of sp³-hybridized carbons (Fsp3) is 0.765. The second-order valence-corrected chi connectivity index (χ2v) is 7.07. The normalized spacial score (nSPS) is 21.9. The lowest BCUT2D eigenvalue weighted by Gasteiger charge is -2.31. The molecular formula is C17H27N5O3. The van der Waals surface area contributed by atoms with Crippen LogP contribution in [0.25, 0.3) is 0 Å². The number of urea groups is 1. The van der Waals surface area contributed by atoms with Crippen molar-refractivity contribution in [1.29, 1.82) is 0 Å². The van der Waals surface area contributed by atoms with Gasteiger partial charge in [-0.25, -0.2) is 9.78 Å². The van der Waals surface area contributed by atoms with Gasteiger partial charge in [-0.2, -0.15) is 5.10 Å². The van der Waals surface area contributed by atoms with Crippen LogP contribution in [0.3, 0.4) is 0 Å². The van der Waals surface area contributed by atoms with Gasteiger partial charge in [-0.05, 0) is 25.7 Å². The van der Waals surface area contributed by atoms with E-state index in [1.54, 1.807) is 4.90 Å². The summed E-state index contributed by atoms with van der Waals surface area (Å²) in [5.74, 6) is 1.54. The molecule has 138 valence electrons. The third-order valence-electron chi connectivity index (χ3n) is 5.20. The van der Waals surface area contributed by atoms with E-state index in [1.165, 1.54) is 32.1 Å². The predicted molar refractivity (Wildman–Crippen MR) is 91.4 cm³/mol. The van der Waals surface area contributed by atoms with Crippen molar-refractivity contribution in [2.45, 2.75) is 63.2 Å². The molecular weight excluding hydrogens is 322 g/mol. The molecule has 1 aliphatic carbocycles. The van der Waals surface area contributed by atoms with Gasteiger partial charge in [0.1, 0.15) is 5.82 Å². The van der Waals surface area contributed by atoms with Crippen molar-refractivity contribution < 1.29 is 14.7 Å². The molecule has 2 heterocycles. The summed E-state index contributed by atoms with van der Waals surface area (Å²) < 4.78 is 0. The molecule has 1 saturated carbocycles. The molecule has 1 atom stereocenters. The standard InChI is InChI=1S/C17H27N5O3/c23-14(24)8-9-18-17(25)22-10-4-7-13(11-22)16-19-15(20-21-16)12-5-2-1-3-6-12/h12-13H,1-11H2,(H,18,25)(H,23,24)(H,19,20,21). The van der Waals surface area contributed by atoms with Crippen LogP contribution in [0.1, 0.15) is 74.9 Å². The van der Waals surface area contributed by atoms with Crippen LogP contribution < -0.4 is 5.32 Å². The van der Waals surface area contributed by atoms with Crippen LogP contribution in [0.4, 0.5) is 4.79 Å². The van der Waals surface area contributed by atoms with Crippen molar-refractivity contribution in [2.24, 2.45) is 0 Å². The van der Waals surface area contributed by atoms with Crippen molar-refractivity contribution in [3.63, 3.8) is 0 Å². The van der Waals surface area contributed by atoms with Gasteiger partial charge in [-0.3, -0.25) is 9.89 Å². The molecule has 1 aliphatic heterocycles. The zero-order chi connectivity index (χ0) is 17.6. The summed E-state index contributed by atoms with van der Waals surface area (Å²) in [7, 11) is 0. The SMILES string of the molecule is O=C(O)CCNC(=O)N1CCCC(c2n[nH]c(C3CCCCC3)n2)C1. The fourth-order valence-electron chi connectivity index (χ4n) is 3.79. The lowest BCUT2D eigenvalue weighted by molar-refractivity contribution is -0.136. The van der Waals surface area contributed by atoms with Gasteiger partial charge >= 0.3 is 12.0 Å². The van der Waals surface area contributed by atoms with E-state index in [0.717, 1.165) is 24.5 Å². The van der Waals surface area contributed by atoms with Crippen LogP contribution in [0.5, 0.6) is 0 Å². The Hall–Kier alpha value is -2.12. The molecule has 3 N–H and O–H groups in total. The molecule has 25 heavy (non-hydrogen) atoms. The first kappa shape index (κ1) is 17.7. The predicted octanol–water partition coefficient (Wildman–Crippen LogP) is 2.22. The molecule has 2 fully saturated rings. The maximum Gasteiger partial charge on any atom is 0.317 e. The van der Waals surface area contributed by atoms with Crippen LogP contribution in [0.2, 0.25) is 0 Å². The third kappa shape index (κ3) is 4.70. The highest BCUT2D eigenvalue weighted by Crippen LogP contribution is 2.32. The maximum atomic E-state index is 12.2. The molecule has 1 unspecified atom stereocenters. The Morgan fingerprint density at radius 1 is 1.16 bits per heavy atom. The van der Waals surface area contributed by atoms with E-state index in [2.05, 4.69) is 15.5 Å². The third-order valence-corrected chi connectivity index (χ3v) is 5.20. The zero-order valence-corrected chi connectivity index (χ0v) is 14.5. The number of rotatable bonds is 5. The number of carbonyl (C=O) groups is 2. The molecule has 8 heteroatoms. The van der Waals surface area contributed by atoms with E-state index in [-0.39, 0.29) is 24.9 Å². The molecule has 3 rings (SSSR count). The van der Waals surface area contributed by atoms with Gasteiger partial charge in [-0.1, -0.05) is 19.3 Å². The number of likely N-dealkylation sites (tertiary alicyclic amines) is 1. The smallest absolute Gasteiger partial charge is 0.317 e.